The van der Waals surface area contributed by atoms with Gasteiger partial charge in [0.2, 0.25) is 5.89 Å². The molecule has 18 heavy (non-hydrogen) atoms. The summed E-state index contributed by atoms with van der Waals surface area (Å²) in [4.78, 5) is 8.65. The monoisotopic (exact) mass is 268 g/mol. The van der Waals surface area contributed by atoms with Crippen LogP contribution in [0.25, 0.3) is 0 Å². The van der Waals surface area contributed by atoms with Crippen molar-refractivity contribution in [2.75, 3.05) is 13.7 Å². The third kappa shape index (κ3) is 3.59. The molecule has 0 aliphatic heterocycles. The minimum Gasteiger partial charge on any atom is -0.383 e. The van der Waals surface area contributed by atoms with E-state index in [9.17, 15) is 0 Å². The molecule has 7 heteroatoms. The van der Waals surface area contributed by atoms with Crippen LogP contribution in [0.2, 0.25) is 0 Å². The van der Waals surface area contributed by atoms with Crippen LogP contribution < -0.4 is 5.73 Å². The van der Waals surface area contributed by atoms with Gasteiger partial charge in [0.15, 0.2) is 5.82 Å². The quantitative estimate of drug-likeness (QED) is 0.839. The standard InChI is InChI=1S/C11H16N4O2S/c1-7-13-9(6-18-7)4-10-14-11(17-15-10)3-8(12)5-16-2/h6,8H,3-5,12H2,1-2H3. The van der Waals surface area contributed by atoms with Crippen LogP contribution in [-0.4, -0.2) is 34.9 Å². The Hall–Kier alpha value is -1.31. The lowest BCUT2D eigenvalue weighted by atomic mass is 10.2. The predicted molar refractivity (Wildman–Crippen MR) is 67.5 cm³/mol. The lowest BCUT2D eigenvalue weighted by molar-refractivity contribution is 0.176. The number of aromatic nitrogens is 3. The van der Waals surface area contributed by atoms with Crippen molar-refractivity contribution < 1.29 is 9.26 Å². The summed E-state index contributed by atoms with van der Waals surface area (Å²) in [5.74, 6) is 1.18. The number of nitrogens with two attached hydrogens (primary N) is 1. The van der Waals surface area contributed by atoms with E-state index in [2.05, 4.69) is 15.1 Å². The zero-order valence-electron chi connectivity index (χ0n) is 10.4. The van der Waals surface area contributed by atoms with Gasteiger partial charge in [0, 0.05) is 25.0 Å². The fourth-order valence-corrected chi connectivity index (χ4v) is 2.21. The molecule has 1 atom stereocenters. The van der Waals surface area contributed by atoms with Crippen LogP contribution in [0.4, 0.5) is 0 Å². The van der Waals surface area contributed by atoms with Gasteiger partial charge < -0.3 is 15.0 Å². The van der Waals surface area contributed by atoms with Crippen molar-refractivity contribution in [2.45, 2.75) is 25.8 Å². The molecular formula is C11H16N4O2S. The highest BCUT2D eigenvalue weighted by Crippen LogP contribution is 2.11. The van der Waals surface area contributed by atoms with Crippen LogP contribution >= 0.6 is 11.3 Å². The first-order valence-electron chi connectivity index (χ1n) is 5.64. The maximum atomic E-state index is 5.82. The molecule has 0 aliphatic carbocycles. The fourth-order valence-electron chi connectivity index (χ4n) is 1.59. The minimum absolute atomic E-state index is 0.121. The van der Waals surface area contributed by atoms with Gasteiger partial charge in [-0.25, -0.2) is 4.98 Å². The van der Waals surface area contributed by atoms with Crippen LogP contribution in [0.15, 0.2) is 9.90 Å². The van der Waals surface area contributed by atoms with Gasteiger partial charge in [-0.05, 0) is 6.92 Å². The zero-order valence-corrected chi connectivity index (χ0v) is 11.2. The summed E-state index contributed by atoms with van der Waals surface area (Å²) >= 11 is 1.61. The second-order valence-corrected chi connectivity index (χ2v) is 5.12. The number of hydrogen-bond acceptors (Lipinski definition) is 7. The van der Waals surface area contributed by atoms with E-state index < -0.39 is 0 Å². The smallest absolute Gasteiger partial charge is 0.228 e. The van der Waals surface area contributed by atoms with E-state index in [4.69, 9.17) is 15.0 Å². The Bertz CT molecular complexity index is 497. The molecule has 0 bridgehead atoms. The second kappa shape index (κ2) is 6.03. The third-order valence-electron chi connectivity index (χ3n) is 2.33. The number of nitrogens with zero attached hydrogens (tertiary/aromatic N) is 3. The van der Waals surface area contributed by atoms with Crippen LogP contribution in [0, 0.1) is 6.92 Å². The van der Waals surface area contributed by atoms with E-state index in [1.807, 2.05) is 12.3 Å². The van der Waals surface area contributed by atoms with E-state index >= 15 is 0 Å². The Morgan fingerprint density at radius 3 is 3.00 bits per heavy atom. The van der Waals surface area contributed by atoms with E-state index in [0.29, 0.717) is 31.2 Å². The average Bonchev–Trinajstić information content (AvgIpc) is 2.89. The molecule has 0 spiro atoms. The first-order chi connectivity index (χ1) is 8.67. The van der Waals surface area contributed by atoms with E-state index in [0.717, 1.165) is 10.7 Å². The lowest BCUT2D eigenvalue weighted by Gasteiger charge is -2.05. The zero-order chi connectivity index (χ0) is 13.0. The molecule has 2 aromatic heterocycles. The summed E-state index contributed by atoms with van der Waals surface area (Å²) in [6, 6.07) is -0.121. The molecule has 2 heterocycles. The van der Waals surface area contributed by atoms with Gasteiger partial charge >= 0.3 is 0 Å². The van der Waals surface area contributed by atoms with Crippen molar-refractivity contribution in [3.8, 4) is 0 Å². The summed E-state index contributed by atoms with van der Waals surface area (Å²) in [6.07, 6.45) is 1.12. The molecule has 0 amide bonds. The molecular weight excluding hydrogens is 252 g/mol. The third-order valence-corrected chi connectivity index (χ3v) is 3.16. The van der Waals surface area contributed by atoms with Crippen molar-refractivity contribution in [3.05, 3.63) is 27.8 Å². The highest BCUT2D eigenvalue weighted by Gasteiger charge is 2.12. The van der Waals surface area contributed by atoms with Gasteiger partial charge in [-0.15, -0.1) is 11.3 Å². The van der Waals surface area contributed by atoms with E-state index in [-0.39, 0.29) is 6.04 Å². The predicted octanol–water partition coefficient (Wildman–Crippen LogP) is 0.942. The fraction of sp³-hybridized carbons (Fsp3) is 0.545. The lowest BCUT2D eigenvalue weighted by Crippen LogP contribution is -2.28. The highest BCUT2D eigenvalue weighted by molar-refractivity contribution is 7.09. The number of methoxy groups -OCH3 is 1. The van der Waals surface area contributed by atoms with Crippen LogP contribution in [0.5, 0.6) is 0 Å². The molecule has 6 nitrogen and oxygen atoms in total. The molecule has 1 unspecified atom stereocenters. The number of thiazole rings is 1. The van der Waals surface area contributed by atoms with Crippen LogP contribution in [-0.2, 0) is 17.6 Å². The number of aryl methyl sites for hydroxylation is 1. The Morgan fingerprint density at radius 1 is 1.50 bits per heavy atom. The molecule has 0 aromatic carbocycles. The molecule has 0 aliphatic rings. The Balaban J connectivity index is 1.93. The molecule has 0 fully saturated rings. The van der Waals surface area contributed by atoms with Gasteiger partial charge in [0.1, 0.15) is 0 Å². The molecule has 0 radical (unpaired) electrons. The van der Waals surface area contributed by atoms with Crippen LogP contribution in [0.1, 0.15) is 22.4 Å². The van der Waals surface area contributed by atoms with Gasteiger partial charge in [-0.2, -0.15) is 4.98 Å². The SMILES string of the molecule is COCC(N)Cc1nc(Cc2csc(C)n2)no1. The minimum atomic E-state index is -0.121. The van der Waals surface area contributed by atoms with Gasteiger partial charge in [0.05, 0.1) is 23.7 Å². The molecule has 0 saturated carbocycles. The number of ether oxygens (including phenoxy) is 1. The van der Waals surface area contributed by atoms with Crippen molar-refractivity contribution >= 4 is 11.3 Å². The van der Waals surface area contributed by atoms with Crippen LogP contribution in [0.3, 0.4) is 0 Å². The van der Waals surface area contributed by atoms with Gasteiger partial charge in [0.25, 0.3) is 0 Å². The summed E-state index contributed by atoms with van der Waals surface area (Å²) in [5.41, 5.74) is 6.78. The normalized spacial score (nSPS) is 12.8. The number of rotatable bonds is 6. The maximum absolute atomic E-state index is 5.82. The largest absolute Gasteiger partial charge is 0.383 e. The summed E-state index contributed by atoms with van der Waals surface area (Å²) in [7, 11) is 1.61. The van der Waals surface area contributed by atoms with Crippen molar-refractivity contribution in [2.24, 2.45) is 5.73 Å². The topological polar surface area (TPSA) is 87.1 Å². The van der Waals surface area contributed by atoms with E-state index in [1.165, 1.54) is 0 Å². The Labute approximate surface area is 109 Å². The molecule has 2 N–H and O–H groups in total. The second-order valence-electron chi connectivity index (χ2n) is 4.06. The van der Waals surface area contributed by atoms with E-state index in [1.54, 1.807) is 18.4 Å². The first kappa shape index (κ1) is 13.1. The highest BCUT2D eigenvalue weighted by atomic mass is 32.1. The van der Waals surface area contributed by atoms with Crippen molar-refractivity contribution in [1.82, 2.24) is 15.1 Å². The average molecular weight is 268 g/mol. The summed E-state index contributed by atoms with van der Waals surface area (Å²) in [6.45, 7) is 2.45. The molecule has 2 rings (SSSR count). The van der Waals surface area contributed by atoms with Gasteiger partial charge in [-0.3, -0.25) is 0 Å². The van der Waals surface area contributed by atoms with Gasteiger partial charge in [-0.1, -0.05) is 5.16 Å². The summed E-state index contributed by atoms with van der Waals surface area (Å²) < 4.78 is 10.1. The number of hydrogen-bond donors (Lipinski definition) is 1. The van der Waals surface area contributed by atoms with Crippen molar-refractivity contribution in [3.63, 3.8) is 0 Å². The summed E-state index contributed by atoms with van der Waals surface area (Å²) in [5, 5.41) is 6.96. The Kier molecular flexibility index (Phi) is 4.40. The molecule has 0 saturated heterocycles. The maximum Gasteiger partial charge on any atom is 0.228 e. The van der Waals surface area contributed by atoms with Crippen molar-refractivity contribution in [1.29, 1.82) is 0 Å². The molecule has 98 valence electrons. The molecule has 2 aromatic rings. The first-order valence-corrected chi connectivity index (χ1v) is 6.52. The Morgan fingerprint density at radius 2 is 2.33 bits per heavy atom.